The number of amides is 1. The molecule has 0 radical (unpaired) electrons. The van der Waals surface area contributed by atoms with Crippen molar-refractivity contribution < 1.29 is 4.79 Å². The Morgan fingerprint density at radius 1 is 1.44 bits per heavy atom. The maximum atomic E-state index is 12.4. The summed E-state index contributed by atoms with van der Waals surface area (Å²) in [6.45, 7) is 2.63. The highest BCUT2D eigenvalue weighted by molar-refractivity contribution is 7.98. The van der Waals surface area contributed by atoms with Crippen LogP contribution in [0.25, 0.3) is 0 Å². The molecular weight excluding hydrogens is 244 g/mol. The van der Waals surface area contributed by atoms with Crippen LogP contribution in [0.1, 0.15) is 22.8 Å². The second kappa shape index (κ2) is 7.44. The Bertz CT molecular complexity index is 395. The van der Waals surface area contributed by atoms with Gasteiger partial charge in [0.1, 0.15) is 0 Å². The number of carbonyl (C=O) groups is 1. The van der Waals surface area contributed by atoms with E-state index in [1.165, 1.54) is 0 Å². The van der Waals surface area contributed by atoms with Crippen LogP contribution in [-0.2, 0) is 6.42 Å². The quantitative estimate of drug-likeness (QED) is 0.857. The molecule has 1 rings (SSSR count). The average molecular weight is 266 g/mol. The first-order valence-electron chi connectivity index (χ1n) is 6.15. The summed E-state index contributed by atoms with van der Waals surface area (Å²) in [4.78, 5) is 14.2. The van der Waals surface area contributed by atoms with E-state index in [0.29, 0.717) is 6.54 Å². The fraction of sp³-hybridized carbons (Fsp3) is 0.500. The lowest BCUT2D eigenvalue weighted by Crippen LogP contribution is -2.37. The lowest BCUT2D eigenvalue weighted by molar-refractivity contribution is 0.0756. The van der Waals surface area contributed by atoms with Crippen LogP contribution in [0.3, 0.4) is 0 Å². The van der Waals surface area contributed by atoms with Gasteiger partial charge in [0.05, 0.1) is 0 Å². The van der Waals surface area contributed by atoms with Gasteiger partial charge >= 0.3 is 0 Å². The average Bonchev–Trinajstić information content (AvgIpc) is 2.38. The fourth-order valence-electron chi connectivity index (χ4n) is 1.85. The Morgan fingerprint density at radius 3 is 2.72 bits per heavy atom. The first kappa shape index (κ1) is 15.1. The van der Waals surface area contributed by atoms with E-state index in [4.69, 9.17) is 5.73 Å². The van der Waals surface area contributed by atoms with Gasteiger partial charge in [0.25, 0.3) is 5.91 Å². The summed E-state index contributed by atoms with van der Waals surface area (Å²) in [6, 6.07) is 7.95. The Labute approximate surface area is 114 Å². The van der Waals surface area contributed by atoms with E-state index in [1.807, 2.05) is 36.2 Å². The van der Waals surface area contributed by atoms with Gasteiger partial charge in [-0.1, -0.05) is 18.2 Å². The van der Waals surface area contributed by atoms with E-state index in [0.717, 1.165) is 23.3 Å². The monoisotopic (exact) mass is 266 g/mol. The molecule has 1 atom stereocenters. The van der Waals surface area contributed by atoms with Crippen LogP contribution in [0.4, 0.5) is 0 Å². The molecule has 0 aromatic heterocycles. The van der Waals surface area contributed by atoms with E-state index in [1.54, 1.807) is 11.8 Å². The van der Waals surface area contributed by atoms with E-state index in [-0.39, 0.29) is 11.9 Å². The molecule has 1 aromatic rings. The first-order chi connectivity index (χ1) is 8.61. The molecule has 0 saturated carbocycles. The highest BCUT2D eigenvalue weighted by Crippen LogP contribution is 2.14. The number of benzene rings is 1. The third-order valence-electron chi connectivity index (χ3n) is 3.05. The number of hydrogen-bond donors (Lipinski definition) is 1. The Kier molecular flexibility index (Phi) is 6.22. The number of rotatable bonds is 6. The summed E-state index contributed by atoms with van der Waals surface area (Å²) < 4.78 is 0. The van der Waals surface area contributed by atoms with E-state index in [9.17, 15) is 4.79 Å². The van der Waals surface area contributed by atoms with Crippen molar-refractivity contribution in [3.63, 3.8) is 0 Å². The Morgan fingerprint density at radius 2 is 2.11 bits per heavy atom. The molecule has 0 aliphatic heterocycles. The molecule has 0 bridgehead atoms. The third kappa shape index (κ3) is 3.75. The second-order valence-corrected chi connectivity index (χ2v) is 5.33. The molecule has 1 amide bonds. The van der Waals surface area contributed by atoms with Crippen molar-refractivity contribution >= 4 is 17.7 Å². The molecule has 100 valence electrons. The summed E-state index contributed by atoms with van der Waals surface area (Å²) in [5.41, 5.74) is 7.40. The third-order valence-corrected chi connectivity index (χ3v) is 3.87. The molecular formula is C14H22N2OS. The van der Waals surface area contributed by atoms with Crippen molar-refractivity contribution in [1.29, 1.82) is 0 Å². The maximum Gasteiger partial charge on any atom is 0.254 e. The topological polar surface area (TPSA) is 46.3 Å². The second-order valence-electron chi connectivity index (χ2n) is 4.42. The highest BCUT2D eigenvalue weighted by Gasteiger charge is 2.19. The van der Waals surface area contributed by atoms with Crippen molar-refractivity contribution in [3.05, 3.63) is 35.4 Å². The minimum absolute atomic E-state index is 0.0839. The number of nitrogens with two attached hydrogens (primary N) is 1. The van der Waals surface area contributed by atoms with Gasteiger partial charge in [-0.05, 0) is 37.8 Å². The lowest BCUT2D eigenvalue weighted by Gasteiger charge is -2.25. The molecule has 18 heavy (non-hydrogen) atoms. The predicted molar refractivity (Wildman–Crippen MR) is 79.1 cm³/mol. The van der Waals surface area contributed by atoms with Gasteiger partial charge in [0, 0.05) is 24.4 Å². The predicted octanol–water partition coefficient (Wildman–Crippen LogP) is 2.01. The standard InChI is InChI=1S/C14H22N2OS/c1-11(10-18-3)16(2)14(17)13-7-5-4-6-12(13)8-9-15/h4-7,11H,8-10,15H2,1-3H3. The number of thioether (sulfide) groups is 1. The van der Waals surface area contributed by atoms with Crippen LogP contribution in [0.2, 0.25) is 0 Å². The summed E-state index contributed by atoms with van der Waals surface area (Å²) in [5.74, 6) is 1.03. The van der Waals surface area contributed by atoms with Crippen molar-refractivity contribution in [2.75, 3.05) is 25.6 Å². The van der Waals surface area contributed by atoms with E-state index >= 15 is 0 Å². The molecule has 2 N–H and O–H groups in total. The van der Waals surface area contributed by atoms with Crippen molar-refractivity contribution in [1.82, 2.24) is 4.90 Å². The lowest BCUT2D eigenvalue weighted by atomic mass is 10.0. The van der Waals surface area contributed by atoms with E-state index < -0.39 is 0 Å². The molecule has 1 unspecified atom stereocenters. The van der Waals surface area contributed by atoms with Crippen molar-refractivity contribution in [2.24, 2.45) is 5.73 Å². The zero-order chi connectivity index (χ0) is 13.5. The molecule has 4 heteroatoms. The van der Waals surface area contributed by atoms with Crippen LogP contribution < -0.4 is 5.73 Å². The van der Waals surface area contributed by atoms with Crippen LogP contribution in [-0.4, -0.2) is 42.4 Å². The normalized spacial score (nSPS) is 12.2. The first-order valence-corrected chi connectivity index (χ1v) is 7.55. The smallest absolute Gasteiger partial charge is 0.254 e. The summed E-state index contributed by atoms with van der Waals surface area (Å²) >= 11 is 1.75. The van der Waals surface area contributed by atoms with Gasteiger partial charge in [-0.3, -0.25) is 4.79 Å². The molecule has 0 spiro atoms. The maximum absolute atomic E-state index is 12.4. The van der Waals surface area contributed by atoms with Crippen LogP contribution in [0.5, 0.6) is 0 Å². The van der Waals surface area contributed by atoms with Gasteiger partial charge in [0.15, 0.2) is 0 Å². The van der Waals surface area contributed by atoms with Crippen molar-refractivity contribution in [2.45, 2.75) is 19.4 Å². The molecule has 0 heterocycles. The molecule has 0 fully saturated rings. The van der Waals surface area contributed by atoms with Gasteiger partial charge in [0.2, 0.25) is 0 Å². The Balaban J connectivity index is 2.89. The summed E-state index contributed by atoms with van der Waals surface area (Å²) in [6.07, 6.45) is 2.80. The number of hydrogen-bond acceptors (Lipinski definition) is 3. The zero-order valence-electron chi connectivity index (χ0n) is 11.3. The van der Waals surface area contributed by atoms with Gasteiger partial charge < -0.3 is 10.6 Å². The minimum Gasteiger partial charge on any atom is -0.338 e. The summed E-state index contributed by atoms with van der Waals surface area (Å²) in [7, 11) is 1.86. The number of carbonyl (C=O) groups excluding carboxylic acids is 1. The molecule has 1 aromatic carbocycles. The van der Waals surface area contributed by atoms with Crippen molar-refractivity contribution in [3.8, 4) is 0 Å². The SMILES string of the molecule is CSCC(C)N(C)C(=O)c1ccccc1CCN. The Hall–Kier alpha value is -1.00. The van der Waals surface area contributed by atoms with Crippen LogP contribution in [0, 0.1) is 0 Å². The number of nitrogens with zero attached hydrogens (tertiary/aromatic N) is 1. The molecule has 3 nitrogen and oxygen atoms in total. The largest absolute Gasteiger partial charge is 0.338 e. The molecule has 0 aliphatic carbocycles. The van der Waals surface area contributed by atoms with Crippen LogP contribution >= 0.6 is 11.8 Å². The summed E-state index contributed by atoms with van der Waals surface area (Å²) in [5, 5.41) is 0. The van der Waals surface area contributed by atoms with E-state index in [2.05, 4.69) is 13.2 Å². The van der Waals surface area contributed by atoms with Gasteiger partial charge in [-0.15, -0.1) is 0 Å². The fourth-order valence-corrected chi connectivity index (χ4v) is 2.55. The highest BCUT2D eigenvalue weighted by atomic mass is 32.2. The zero-order valence-corrected chi connectivity index (χ0v) is 12.2. The van der Waals surface area contributed by atoms with Gasteiger partial charge in [-0.25, -0.2) is 0 Å². The molecule has 0 aliphatic rings. The minimum atomic E-state index is 0.0839. The molecule has 0 saturated heterocycles. The van der Waals surface area contributed by atoms with Gasteiger partial charge in [-0.2, -0.15) is 11.8 Å². The van der Waals surface area contributed by atoms with Crippen LogP contribution in [0.15, 0.2) is 24.3 Å².